The van der Waals surface area contributed by atoms with Gasteiger partial charge in [-0.3, -0.25) is 4.90 Å². The molecule has 6 heteroatoms. The zero-order valence-corrected chi connectivity index (χ0v) is 13.1. The highest BCUT2D eigenvalue weighted by Gasteiger charge is 2.14. The van der Waals surface area contributed by atoms with Crippen LogP contribution in [0.25, 0.3) is 0 Å². The molecule has 0 aliphatic carbocycles. The zero-order valence-electron chi connectivity index (χ0n) is 9.16. The third-order valence-electron chi connectivity index (χ3n) is 2.60. The van der Waals surface area contributed by atoms with E-state index in [4.69, 9.17) is 4.74 Å². The van der Waals surface area contributed by atoms with Crippen molar-refractivity contribution in [3.8, 4) is 5.75 Å². The lowest BCUT2D eigenvalue weighted by molar-refractivity contribution is 0.0338. The molecule has 1 aromatic carbocycles. The maximum absolute atomic E-state index is 9.93. The maximum Gasteiger partial charge on any atom is 0.134 e. The highest BCUT2D eigenvalue weighted by molar-refractivity contribution is 9.11. The summed E-state index contributed by atoms with van der Waals surface area (Å²) in [6.07, 6.45) is 0. The summed E-state index contributed by atoms with van der Waals surface area (Å²) in [6, 6.07) is 3.80. The van der Waals surface area contributed by atoms with Crippen molar-refractivity contribution in [3.63, 3.8) is 0 Å². The molecule has 96 valence electrons. The molecule has 0 aromatic heterocycles. The van der Waals surface area contributed by atoms with Crippen LogP contribution in [0.3, 0.4) is 0 Å². The lowest BCUT2D eigenvalue weighted by atomic mass is 10.2. The molecule has 1 aliphatic rings. The fraction of sp³-hybridized carbons (Fsp3) is 0.455. The third kappa shape index (κ3) is 4.10. The largest absolute Gasteiger partial charge is 0.506 e. The zero-order chi connectivity index (χ0) is 11.5. The molecule has 0 spiro atoms. The van der Waals surface area contributed by atoms with Crippen LogP contribution in [0.1, 0.15) is 5.56 Å². The lowest BCUT2D eigenvalue weighted by Gasteiger charge is -2.27. The quantitative estimate of drug-likeness (QED) is 0.846. The third-order valence-corrected chi connectivity index (χ3v) is 3.67. The fourth-order valence-corrected chi connectivity index (χ4v) is 3.05. The molecule has 3 nitrogen and oxygen atoms in total. The smallest absolute Gasteiger partial charge is 0.134 e. The van der Waals surface area contributed by atoms with Crippen LogP contribution in [-0.2, 0) is 11.3 Å². The molecule has 1 N–H and O–H groups in total. The number of aromatic hydroxyl groups is 1. The first kappa shape index (κ1) is 15.2. The fourth-order valence-electron chi connectivity index (χ4n) is 1.74. The molecule has 1 fully saturated rings. The summed E-state index contributed by atoms with van der Waals surface area (Å²) < 4.78 is 6.99. The Morgan fingerprint density at radius 1 is 1.24 bits per heavy atom. The second kappa shape index (κ2) is 6.95. The standard InChI is InChI=1S/C11H13Br2NO2.ClH/c12-9-5-8(11(15)10(13)6-9)7-14-1-3-16-4-2-14;/h5-6,15H,1-4,7H2;1H. The molecular formula is C11H14Br2ClNO2. The Morgan fingerprint density at radius 3 is 2.53 bits per heavy atom. The van der Waals surface area contributed by atoms with Crippen LogP contribution in [0, 0.1) is 0 Å². The Kier molecular flexibility index (Phi) is 6.23. The molecule has 1 saturated heterocycles. The molecular weight excluding hydrogens is 373 g/mol. The van der Waals surface area contributed by atoms with Crippen molar-refractivity contribution in [3.05, 3.63) is 26.6 Å². The SMILES string of the molecule is Cl.Oc1c(Br)cc(Br)cc1CN1CCOCC1. The second-order valence-electron chi connectivity index (χ2n) is 3.78. The Balaban J connectivity index is 0.00000144. The highest BCUT2D eigenvalue weighted by atomic mass is 79.9. The summed E-state index contributed by atoms with van der Waals surface area (Å²) in [5.41, 5.74) is 0.933. The molecule has 2 rings (SSSR count). The summed E-state index contributed by atoms with van der Waals surface area (Å²) in [5, 5.41) is 9.93. The average Bonchev–Trinajstić information content (AvgIpc) is 2.27. The van der Waals surface area contributed by atoms with Crippen molar-refractivity contribution in [2.45, 2.75) is 6.54 Å². The number of ether oxygens (including phenoxy) is 1. The van der Waals surface area contributed by atoms with Crippen molar-refractivity contribution in [2.75, 3.05) is 26.3 Å². The Labute approximate surface area is 124 Å². The van der Waals surface area contributed by atoms with Gasteiger partial charge in [-0.2, -0.15) is 0 Å². The molecule has 17 heavy (non-hydrogen) atoms. The Morgan fingerprint density at radius 2 is 1.88 bits per heavy atom. The van der Waals surface area contributed by atoms with E-state index in [0.29, 0.717) is 5.75 Å². The summed E-state index contributed by atoms with van der Waals surface area (Å²) in [6.45, 7) is 4.15. The van der Waals surface area contributed by atoms with Crippen LogP contribution in [0.2, 0.25) is 0 Å². The van der Waals surface area contributed by atoms with Gasteiger partial charge in [0.05, 0.1) is 17.7 Å². The summed E-state index contributed by atoms with van der Waals surface area (Å²) in [7, 11) is 0. The van der Waals surface area contributed by atoms with E-state index in [1.807, 2.05) is 12.1 Å². The number of rotatable bonds is 2. The molecule has 1 aliphatic heterocycles. The van der Waals surface area contributed by atoms with Gasteiger partial charge in [0.15, 0.2) is 0 Å². The van der Waals surface area contributed by atoms with E-state index in [1.54, 1.807) is 0 Å². The molecule has 0 radical (unpaired) electrons. The van der Waals surface area contributed by atoms with E-state index >= 15 is 0 Å². The van der Waals surface area contributed by atoms with Crippen LogP contribution in [0.4, 0.5) is 0 Å². The number of hydrogen-bond acceptors (Lipinski definition) is 3. The average molecular weight is 387 g/mol. The number of halogens is 3. The van der Waals surface area contributed by atoms with E-state index in [0.717, 1.165) is 47.4 Å². The van der Waals surface area contributed by atoms with Gasteiger partial charge < -0.3 is 9.84 Å². The van der Waals surface area contributed by atoms with Gasteiger partial charge in [-0.05, 0) is 28.1 Å². The van der Waals surface area contributed by atoms with Crippen LogP contribution >= 0.6 is 44.3 Å². The number of phenolic OH excluding ortho intramolecular Hbond substituents is 1. The number of morpholine rings is 1. The predicted molar refractivity (Wildman–Crippen MR) is 76.9 cm³/mol. The minimum atomic E-state index is 0. The Bertz CT molecular complexity index is 384. The van der Waals surface area contributed by atoms with Gasteiger partial charge >= 0.3 is 0 Å². The van der Waals surface area contributed by atoms with Crippen LogP contribution in [0.5, 0.6) is 5.75 Å². The number of nitrogens with zero attached hydrogens (tertiary/aromatic N) is 1. The molecule has 0 bridgehead atoms. The first-order chi connectivity index (χ1) is 7.66. The Hall–Kier alpha value is 0.190. The van der Waals surface area contributed by atoms with Crippen LogP contribution in [0.15, 0.2) is 21.1 Å². The van der Waals surface area contributed by atoms with E-state index in [2.05, 4.69) is 36.8 Å². The summed E-state index contributed by atoms with van der Waals surface area (Å²) in [5.74, 6) is 0.328. The van der Waals surface area contributed by atoms with Crippen molar-refractivity contribution < 1.29 is 9.84 Å². The van der Waals surface area contributed by atoms with Gasteiger partial charge in [0.1, 0.15) is 5.75 Å². The van der Waals surface area contributed by atoms with Crippen LogP contribution < -0.4 is 0 Å². The van der Waals surface area contributed by atoms with Crippen molar-refractivity contribution in [1.82, 2.24) is 4.90 Å². The number of hydrogen-bond donors (Lipinski definition) is 1. The molecule has 1 heterocycles. The highest BCUT2D eigenvalue weighted by Crippen LogP contribution is 2.32. The van der Waals surface area contributed by atoms with Gasteiger partial charge in [0.2, 0.25) is 0 Å². The first-order valence-corrected chi connectivity index (χ1v) is 6.72. The van der Waals surface area contributed by atoms with Gasteiger partial charge in [-0.25, -0.2) is 0 Å². The molecule has 0 unspecified atom stereocenters. The summed E-state index contributed by atoms with van der Waals surface area (Å²) in [4.78, 5) is 2.28. The minimum absolute atomic E-state index is 0. The van der Waals surface area contributed by atoms with Gasteiger partial charge in [-0.1, -0.05) is 15.9 Å². The number of benzene rings is 1. The predicted octanol–water partition coefficient (Wildman–Crippen LogP) is 3.17. The van der Waals surface area contributed by atoms with Crippen molar-refractivity contribution >= 4 is 44.3 Å². The maximum atomic E-state index is 9.93. The van der Waals surface area contributed by atoms with Gasteiger partial charge in [-0.15, -0.1) is 12.4 Å². The van der Waals surface area contributed by atoms with E-state index in [1.165, 1.54) is 0 Å². The van der Waals surface area contributed by atoms with Gasteiger partial charge in [0, 0.05) is 29.7 Å². The van der Waals surface area contributed by atoms with Crippen molar-refractivity contribution in [2.24, 2.45) is 0 Å². The molecule has 0 saturated carbocycles. The lowest BCUT2D eigenvalue weighted by Crippen LogP contribution is -2.35. The van der Waals surface area contributed by atoms with Gasteiger partial charge in [0.25, 0.3) is 0 Å². The second-order valence-corrected chi connectivity index (χ2v) is 5.55. The molecule has 0 amide bonds. The first-order valence-electron chi connectivity index (χ1n) is 5.14. The topological polar surface area (TPSA) is 32.7 Å². The van der Waals surface area contributed by atoms with E-state index < -0.39 is 0 Å². The van der Waals surface area contributed by atoms with Crippen molar-refractivity contribution in [1.29, 1.82) is 0 Å². The summed E-state index contributed by atoms with van der Waals surface area (Å²) >= 11 is 6.77. The minimum Gasteiger partial charge on any atom is -0.506 e. The monoisotopic (exact) mass is 385 g/mol. The molecule has 0 atom stereocenters. The van der Waals surface area contributed by atoms with E-state index in [-0.39, 0.29) is 12.4 Å². The normalized spacial score (nSPS) is 16.6. The van der Waals surface area contributed by atoms with Crippen LogP contribution in [-0.4, -0.2) is 36.3 Å². The van der Waals surface area contributed by atoms with E-state index in [9.17, 15) is 5.11 Å². The number of phenols is 1. The molecule has 1 aromatic rings.